The number of aromatic nitrogens is 2. The van der Waals surface area contributed by atoms with Gasteiger partial charge in [0, 0.05) is 18.2 Å². The summed E-state index contributed by atoms with van der Waals surface area (Å²) in [6.07, 6.45) is 2.04. The van der Waals surface area contributed by atoms with Crippen molar-refractivity contribution in [3.63, 3.8) is 0 Å². The summed E-state index contributed by atoms with van der Waals surface area (Å²) in [6, 6.07) is 3.58. The van der Waals surface area contributed by atoms with Gasteiger partial charge in [-0.25, -0.2) is 4.98 Å². The van der Waals surface area contributed by atoms with Crippen LogP contribution in [0, 0.1) is 0 Å². The number of nitrogens with two attached hydrogens (primary N) is 1. The number of oxazole rings is 1. The Morgan fingerprint density at radius 3 is 3.07 bits per heavy atom. The maximum Gasteiger partial charge on any atom is 0.198 e. The lowest BCUT2D eigenvalue weighted by atomic mass is 10.0. The lowest BCUT2D eigenvalue weighted by Gasteiger charge is -2.18. The van der Waals surface area contributed by atoms with Crippen molar-refractivity contribution >= 4 is 11.2 Å². The first-order valence-electron chi connectivity index (χ1n) is 4.71. The van der Waals surface area contributed by atoms with Gasteiger partial charge in [-0.3, -0.25) is 0 Å². The zero-order valence-corrected chi connectivity index (χ0v) is 8.47. The molecule has 1 atom stereocenters. The molecule has 3 N–H and O–H groups in total. The molecule has 2 heterocycles. The van der Waals surface area contributed by atoms with E-state index in [0.717, 1.165) is 0 Å². The fourth-order valence-corrected chi connectivity index (χ4v) is 1.29. The average molecular weight is 207 g/mol. The van der Waals surface area contributed by atoms with Crippen molar-refractivity contribution in [2.75, 3.05) is 6.61 Å². The van der Waals surface area contributed by atoms with Crippen LogP contribution in [0.4, 0.5) is 0 Å². The quantitative estimate of drug-likeness (QED) is 0.764. The molecular formula is C10H13N3O2. The topological polar surface area (TPSA) is 85.2 Å². The molecule has 2 rings (SSSR count). The van der Waals surface area contributed by atoms with Crippen LogP contribution < -0.4 is 5.73 Å². The van der Waals surface area contributed by atoms with Crippen molar-refractivity contribution in [3.8, 4) is 0 Å². The van der Waals surface area contributed by atoms with Crippen molar-refractivity contribution in [2.45, 2.75) is 18.9 Å². The first-order chi connectivity index (χ1) is 7.11. The smallest absolute Gasteiger partial charge is 0.198 e. The third-order valence-electron chi connectivity index (χ3n) is 2.13. The van der Waals surface area contributed by atoms with E-state index in [9.17, 15) is 0 Å². The first-order valence-corrected chi connectivity index (χ1v) is 4.71. The SMILES string of the molecule is CC(N)(CO)Cc1nc2ncccc2o1. The first kappa shape index (κ1) is 10.1. The predicted octanol–water partition coefficient (Wildman–Crippen LogP) is 0.475. The Kier molecular flexibility index (Phi) is 2.42. The number of pyridine rings is 1. The van der Waals surface area contributed by atoms with Crippen LogP contribution in [0.5, 0.6) is 0 Å². The molecule has 5 heteroatoms. The van der Waals surface area contributed by atoms with Gasteiger partial charge in [0.15, 0.2) is 17.1 Å². The Bertz CT molecular complexity index is 431. The monoisotopic (exact) mass is 207 g/mol. The van der Waals surface area contributed by atoms with Gasteiger partial charge in [0.25, 0.3) is 0 Å². The minimum atomic E-state index is -0.707. The Balaban J connectivity index is 2.30. The number of rotatable bonds is 3. The number of hydrogen-bond donors (Lipinski definition) is 2. The van der Waals surface area contributed by atoms with Crippen LogP contribution in [-0.4, -0.2) is 27.2 Å². The Morgan fingerprint density at radius 1 is 1.60 bits per heavy atom. The molecular weight excluding hydrogens is 194 g/mol. The van der Waals surface area contributed by atoms with Crippen LogP contribution in [-0.2, 0) is 6.42 Å². The zero-order valence-electron chi connectivity index (χ0n) is 8.47. The molecule has 0 aromatic carbocycles. The maximum atomic E-state index is 9.02. The van der Waals surface area contributed by atoms with Crippen molar-refractivity contribution in [2.24, 2.45) is 5.73 Å². The largest absolute Gasteiger partial charge is 0.439 e. The summed E-state index contributed by atoms with van der Waals surface area (Å²) in [7, 11) is 0. The third-order valence-corrected chi connectivity index (χ3v) is 2.13. The van der Waals surface area contributed by atoms with Gasteiger partial charge in [-0.2, -0.15) is 4.98 Å². The van der Waals surface area contributed by atoms with E-state index in [0.29, 0.717) is 23.5 Å². The Hall–Kier alpha value is -1.46. The molecule has 0 saturated carbocycles. The average Bonchev–Trinajstić information content (AvgIpc) is 2.58. The van der Waals surface area contributed by atoms with Crippen LogP contribution in [0.1, 0.15) is 12.8 Å². The van der Waals surface area contributed by atoms with Crippen LogP contribution in [0.2, 0.25) is 0 Å². The second-order valence-corrected chi connectivity index (χ2v) is 3.92. The van der Waals surface area contributed by atoms with Crippen LogP contribution in [0.15, 0.2) is 22.7 Å². The number of hydrogen-bond acceptors (Lipinski definition) is 5. The minimum Gasteiger partial charge on any atom is -0.439 e. The molecule has 80 valence electrons. The lowest BCUT2D eigenvalue weighted by Crippen LogP contribution is -2.42. The zero-order chi connectivity index (χ0) is 10.9. The lowest BCUT2D eigenvalue weighted by molar-refractivity contribution is 0.201. The van der Waals surface area contributed by atoms with E-state index in [1.807, 2.05) is 0 Å². The molecule has 0 aliphatic carbocycles. The van der Waals surface area contributed by atoms with Crippen LogP contribution in [0.3, 0.4) is 0 Å². The summed E-state index contributed by atoms with van der Waals surface area (Å²) in [5.41, 5.74) is 6.30. The van der Waals surface area contributed by atoms with Gasteiger partial charge in [-0.15, -0.1) is 0 Å². The molecule has 0 bridgehead atoms. The summed E-state index contributed by atoms with van der Waals surface area (Å²) in [5, 5.41) is 9.02. The maximum absolute atomic E-state index is 9.02. The second-order valence-electron chi connectivity index (χ2n) is 3.92. The van der Waals surface area contributed by atoms with E-state index in [4.69, 9.17) is 15.3 Å². The highest BCUT2D eigenvalue weighted by atomic mass is 16.3. The van der Waals surface area contributed by atoms with Crippen LogP contribution >= 0.6 is 0 Å². The molecule has 1 unspecified atom stereocenters. The second kappa shape index (κ2) is 3.60. The molecule has 15 heavy (non-hydrogen) atoms. The standard InChI is InChI=1S/C10H13N3O2/c1-10(11,6-14)5-8-13-9-7(15-8)3-2-4-12-9/h2-4,14H,5-6,11H2,1H3. The summed E-state index contributed by atoms with van der Waals surface area (Å²) in [5.74, 6) is 0.503. The molecule has 2 aromatic rings. The molecule has 0 aliphatic rings. The Labute approximate surface area is 86.9 Å². The fourth-order valence-electron chi connectivity index (χ4n) is 1.29. The van der Waals surface area contributed by atoms with Gasteiger partial charge < -0.3 is 15.3 Å². The fraction of sp³-hybridized carbons (Fsp3) is 0.400. The third kappa shape index (κ3) is 2.14. The number of aliphatic hydroxyl groups excluding tert-OH is 1. The van der Waals surface area contributed by atoms with Gasteiger partial charge in [-0.1, -0.05) is 0 Å². The van der Waals surface area contributed by atoms with Gasteiger partial charge in [-0.05, 0) is 19.1 Å². The van der Waals surface area contributed by atoms with Gasteiger partial charge in [0.1, 0.15) is 0 Å². The van der Waals surface area contributed by atoms with E-state index in [-0.39, 0.29) is 6.61 Å². The van der Waals surface area contributed by atoms with E-state index >= 15 is 0 Å². The number of nitrogens with zero attached hydrogens (tertiary/aromatic N) is 2. The predicted molar refractivity (Wildman–Crippen MR) is 55.2 cm³/mol. The molecule has 5 nitrogen and oxygen atoms in total. The summed E-state index contributed by atoms with van der Waals surface area (Å²) < 4.78 is 5.44. The molecule has 2 aromatic heterocycles. The van der Waals surface area contributed by atoms with E-state index in [1.165, 1.54) is 0 Å². The van der Waals surface area contributed by atoms with Gasteiger partial charge >= 0.3 is 0 Å². The van der Waals surface area contributed by atoms with Crippen LogP contribution in [0.25, 0.3) is 11.2 Å². The van der Waals surface area contributed by atoms with Gasteiger partial charge in [0.05, 0.1) is 6.61 Å². The summed E-state index contributed by atoms with van der Waals surface area (Å²) >= 11 is 0. The molecule has 0 radical (unpaired) electrons. The van der Waals surface area contributed by atoms with Crippen molar-refractivity contribution in [1.82, 2.24) is 9.97 Å². The van der Waals surface area contributed by atoms with Crippen molar-refractivity contribution in [1.29, 1.82) is 0 Å². The number of aliphatic hydroxyl groups is 1. The van der Waals surface area contributed by atoms with E-state index < -0.39 is 5.54 Å². The molecule has 0 saturated heterocycles. The highest BCUT2D eigenvalue weighted by Crippen LogP contribution is 2.15. The molecule has 0 aliphatic heterocycles. The summed E-state index contributed by atoms with van der Waals surface area (Å²) in [4.78, 5) is 8.23. The Morgan fingerprint density at radius 2 is 2.40 bits per heavy atom. The molecule has 0 spiro atoms. The van der Waals surface area contributed by atoms with Crippen molar-refractivity contribution in [3.05, 3.63) is 24.2 Å². The minimum absolute atomic E-state index is 0.112. The van der Waals surface area contributed by atoms with Gasteiger partial charge in [0.2, 0.25) is 0 Å². The van der Waals surface area contributed by atoms with Crippen molar-refractivity contribution < 1.29 is 9.52 Å². The highest BCUT2D eigenvalue weighted by molar-refractivity contribution is 5.66. The van der Waals surface area contributed by atoms with E-state index in [1.54, 1.807) is 25.3 Å². The highest BCUT2D eigenvalue weighted by Gasteiger charge is 2.21. The molecule has 0 fully saturated rings. The summed E-state index contributed by atoms with van der Waals surface area (Å²) in [6.45, 7) is 1.63. The number of fused-ring (bicyclic) bond motifs is 1. The normalized spacial score (nSPS) is 15.4. The van der Waals surface area contributed by atoms with E-state index in [2.05, 4.69) is 9.97 Å². The molecule has 0 amide bonds.